The van der Waals surface area contributed by atoms with E-state index in [0.29, 0.717) is 33.4 Å². The van der Waals surface area contributed by atoms with Gasteiger partial charge in [0.25, 0.3) is 5.91 Å². The van der Waals surface area contributed by atoms with Gasteiger partial charge >= 0.3 is 6.03 Å². The molecule has 0 aliphatic carbocycles. The van der Waals surface area contributed by atoms with Gasteiger partial charge in [-0.3, -0.25) is 9.69 Å². The minimum atomic E-state index is -1.23. The quantitative estimate of drug-likeness (QED) is 0.641. The van der Waals surface area contributed by atoms with E-state index in [1.54, 1.807) is 49.4 Å². The highest BCUT2D eigenvalue weighted by Gasteiger charge is 2.49. The average Bonchev–Trinajstić information content (AvgIpc) is 3.44. The first-order chi connectivity index (χ1) is 14.5. The highest BCUT2D eigenvalue weighted by molar-refractivity contribution is 6.30. The number of nitrogens with zero attached hydrogens (tertiary/aromatic N) is 2. The molecule has 2 aliphatic heterocycles. The van der Waals surface area contributed by atoms with Gasteiger partial charge in [-0.1, -0.05) is 22.8 Å². The molecule has 5 rings (SSSR count). The first-order valence-corrected chi connectivity index (χ1v) is 9.57. The van der Waals surface area contributed by atoms with Crippen molar-refractivity contribution in [2.75, 3.05) is 6.79 Å². The lowest BCUT2D eigenvalue weighted by Crippen LogP contribution is -2.40. The molecule has 30 heavy (non-hydrogen) atoms. The van der Waals surface area contributed by atoms with Crippen LogP contribution in [0.1, 0.15) is 18.1 Å². The minimum Gasteiger partial charge on any atom is -0.454 e. The Kier molecular flexibility index (Phi) is 4.18. The third-order valence-electron chi connectivity index (χ3n) is 5.30. The number of benzene rings is 2. The fourth-order valence-electron chi connectivity index (χ4n) is 3.63. The molecule has 0 saturated carbocycles. The molecule has 1 aromatic heterocycles. The number of nitrogens with one attached hydrogen (secondary N) is 1. The Morgan fingerprint density at radius 1 is 1.13 bits per heavy atom. The predicted octanol–water partition coefficient (Wildman–Crippen LogP) is 3.69. The van der Waals surface area contributed by atoms with Gasteiger partial charge in [-0.25, -0.2) is 4.79 Å². The van der Waals surface area contributed by atoms with Crippen LogP contribution in [0.2, 0.25) is 5.02 Å². The van der Waals surface area contributed by atoms with Crippen LogP contribution < -0.4 is 14.8 Å². The second kappa shape index (κ2) is 6.77. The van der Waals surface area contributed by atoms with Crippen LogP contribution in [0.15, 0.2) is 53.2 Å². The van der Waals surface area contributed by atoms with E-state index in [0.717, 1.165) is 10.5 Å². The SMILES string of the molecule is CC1(c2ccc3c(c2)OCO3)NC(=O)N(Cc2cnoc2-c2ccc(Cl)cc2)C1=O. The Morgan fingerprint density at radius 3 is 2.70 bits per heavy atom. The molecule has 3 aromatic rings. The fourth-order valence-corrected chi connectivity index (χ4v) is 3.75. The lowest BCUT2D eigenvalue weighted by atomic mass is 9.91. The second-order valence-corrected chi connectivity index (χ2v) is 7.64. The number of imide groups is 1. The minimum absolute atomic E-state index is 0.0201. The summed E-state index contributed by atoms with van der Waals surface area (Å²) in [4.78, 5) is 27.1. The molecule has 0 bridgehead atoms. The summed E-state index contributed by atoms with van der Waals surface area (Å²) in [7, 11) is 0. The van der Waals surface area contributed by atoms with Gasteiger partial charge in [0.05, 0.1) is 12.7 Å². The second-order valence-electron chi connectivity index (χ2n) is 7.20. The van der Waals surface area contributed by atoms with Crippen LogP contribution >= 0.6 is 11.6 Å². The zero-order valence-corrected chi connectivity index (χ0v) is 16.6. The molecule has 1 fully saturated rings. The normalized spacial score (nSPS) is 20.0. The van der Waals surface area contributed by atoms with E-state index in [4.69, 9.17) is 25.6 Å². The summed E-state index contributed by atoms with van der Waals surface area (Å²) in [5.74, 6) is 1.24. The van der Waals surface area contributed by atoms with Crippen molar-refractivity contribution >= 4 is 23.5 Å². The lowest BCUT2D eigenvalue weighted by Gasteiger charge is -2.22. The number of amides is 3. The number of ether oxygens (including phenoxy) is 2. The van der Waals surface area contributed by atoms with Crippen molar-refractivity contribution in [3.8, 4) is 22.8 Å². The molecule has 3 heterocycles. The number of fused-ring (bicyclic) bond motifs is 1. The van der Waals surface area contributed by atoms with E-state index < -0.39 is 11.6 Å². The molecule has 8 nitrogen and oxygen atoms in total. The van der Waals surface area contributed by atoms with Gasteiger partial charge in [0.1, 0.15) is 5.54 Å². The molecule has 9 heteroatoms. The van der Waals surface area contributed by atoms with Crippen LogP contribution in [0.5, 0.6) is 11.5 Å². The van der Waals surface area contributed by atoms with E-state index in [1.807, 2.05) is 0 Å². The molecule has 152 valence electrons. The fraction of sp³-hybridized carbons (Fsp3) is 0.190. The molecular formula is C21H16ClN3O5. The van der Waals surface area contributed by atoms with E-state index >= 15 is 0 Å². The first kappa shape index (κ1) is 18.5. The van der Waals surface area contributed by atoms with Crippen LogP contribution in [-0.4, -0.2) is 28.8 Å². The van der Waals surface area contributed by atoms with Crippen molar-refractivity contribution < 1.29 is 23.6 Å². The largest absolute Gasteiger partial charge is 0.454 e. The van der Waals surface area contributed by atoms with E-state index in [1.165, 1.54) is 6.20 Å². The monoisotopic (exact) mass is 425 g/mol. The zero-order valence-electron chi connectivity index (χ0n) is 15.8. The van der Waals surface area contributed by atoms with Crippen molar-refractivity contribution in [2.45, 2.75) is 19.0 Å². The van der Waals surface area contributed by atoms with Crippen molar-refractivity contribution in [2.24, 2.45) is 0 Å². The summed E-state index contributed by atoms with van der Waals surface area (Å²) in [6, 6.07) is 11.7. The summed E-state index contributed by atoms with van der Waals surface area (Å²) < 4.78 is 16.1. The van der Waals surface area contributed by atoms with Crippen molar-refractivity contribution in [3.63, 3.8) is 0 Å². The molecule has 0 radical (unpaired) electrons. The molecule has 1 N–H and O–H groups in total. The van der Waals surface area contributed by atoms with Gasteiger partial charge < -0.3 is 19.3 Å². The number of hydrogen-bond donors (Lipinski definition) is 1. The Labute approximate surface area is 176 Å². The lowest BCUT2D eigenvalue weighted by molar-refractivity contribution is -0.131. The molecule has 1 saturated heterocycles. The Balaban J connectivity index is 1.43. The number of carbonyl (C=O) groups is 2. The molecule has 3 amide bonds. The number of halogens is 1. The summed E-state index contributed by atoms with van der Waals surface area (Å²) in [5.41, 5.74) is 0.736. The maximum Gasteiger partial charge on any atom is 0.325 e. The summed E-state index contributed by atoms with van der Waals surface area (Å²) in [6.07, 6.45) is 1.50. The number of carbonyl (C=O) groups excluding carboxylic acids is 2. The maximum atomic E-state index is 13.3. The highest BCUT2D eigenvalue weighted by Crippen LogP contribution is 2.38. The van der Waals surface area contributed by atoms with Gasteiger partial charge in [0, 0.05) is 16.1 Å². The zero-order chi connectivity index (χ0) is 20.9. The van der Waals surface area contributed by atoms with E-state index in [-0.39, 0.29) is 19.2 Å². The van der Waals surface area contributed by atoms with Crippen molar-refractivity contribution in [1.29, 1.82) is 0 Å². The molecule has 2 aromatic carbocycles. The maximum absolute atomic E-state index is 13.3. The van der Waals surface area contributed by atoms with Crippen LogP contribution in [0.25, 0.3) is 11.3 Å². The van der Waals surface area contributed by atoms with Crippen molar-refractivity contribution in [1.82, 2.24) is 15.4 Å². The molecular weight excluding hydrogens is 410 g/mol. The number of aromatic nitrogens is 1. The standard InChI is InChI=1S/C21H16ClN3O5/c1-21(14-4-7-16-17(8-14)29-11-28-16)19(26)25(20(27)24-21)10-13-9-23-30-18(13)12-2-5-15(22)6-3-12/h2-9H,10-11H2,1H3,(H,24,27). The average molecular weight is 426 g/mol. The number of rotatable bonds is 4. The van der Waals surface area contributed by atoms with Crippen molar-refractivity contribution in [3.05, 3.63) is 64.8 Å². The van der Waals surface area contributed by atoms with Gasteiger partial charge in [0.2, 0.25) is 6.79 Å². The smallest absolute Gasteiger partial charge is 0.325 e. The number of urea groups is 1. The summed E-state index contributed by atoms with van der Waals surface area (Å²) >= 11 is 5.94. The van der Waals surface area contributed by atoms with Gasteiger partial charge in [-0.05, 0) is 48.9 Å². The summed E-state index contributed by atoms with van der Waals surface area (Å²) in [5, 5.41) is 7.22. The van der Waals surface area contributed by atoms with E-state index in [2.05, 4.69) is 10.5 Å². The Hall–Kier alpha value is -3.52. The molecule has 1 unspecified atom stereocenters. The predicted molar refractivity (Wildman–Crippen MR) is 106 cm³/mol. The molecule has 2 aliphatic rings. The topological polar surface area (TPSA) is 93.9 Å². The van der Waals surface area contributed by atoms with E-state index in [9.17, 15) is 9.59 Å². The Morgan fingerprint density at radius 2 is 1.90 bits per heavy atom. The first-order valence-electron chi connectivity index (χ1n) is 9.19. The highest BCUT2D eigenvalue weighted by atomic mass is 35.5. The molecule has 1 atom stereocenters. The Bertz CT molecular complexity index is 1160. The van der Waals surface area contributed by atoms with Crippen LogP contribution in [0, 0.1) is 0 Å². The van der Waals surface area contributed by atoms with Gasteiger partial charge in [-0.15, -0.1) is 0 Å². The molecule has 0 spiro atoms. The number of hydrogen-bond acceptors (Lipinski definition) is 6. The van der Waals surface area contributed by atoms with Crippen LogP contribution in [0.4, 0.5) is 4.79 Å². The third-order valence-corrected chi connectivity index (χ3v) is 5.56. The van der Waals surface area contributed by atoms with Gasteiger partial charge in [-0.2, -0.15) is 0 Å². The van der Waals surface area contributed by atoms with Crippen LogP contribution in [-0.2, 0) is 16.9 Å². The van der Waals surface area contributed by atoms with Crippen LogP contribution in [0.3, 0.4) is 0 Å². The third kappa shape index (κ3) is 2.88. The summed E-state index contributed by atoms with van der Waals surface area (Å²) in [6.45, 7) is 1.81. The van der Waals surface area contributed by atoms with Gasteiger partial charge in [0.15, 0.2) is 17.3 Å².